The normalized spacial score (nSPS) is 21.0. The van der Waals surface area contributed by atoms with Crippen LogP contribution < -0.4 is 14.8 Å². The number of methoxy groups -OCH3 is 1. The van der Waals surface area contributed by atoms with Crippen molar-refractivity contribution in [2.45, 2.75) is 124 Å². The van der Waals surface area contributed by atoms with E-state index in [9.17, 15) is 19.5 Å². The highest BCUT2D eigenvalue weighted by Gasteiger charge is 2.48. The summed E-state index contributed by atoms with van der Waals surface area (Å²) in [5.74, 6) is -0.332. The van der Waals surface area contributed by atoms with Crippen LogP contribution in [-0.2, 0) is 32.0 Å². The summed E-state index contributed by atoms with van der Waals surface area (Å²) in [5, 5.41) is 15.0. The Kier molecular flexibility index (Phi) is 13.6. The molecule has 0 spiro atoms. The van der Waals surface area contributed by atoms with Crippen molar-refractivity contribution < 1.29 is 38.4 Å². The number of likely N-dealkylation sites (tertiary alicyclic amines) is 1. The number of ether oxygens (including phenoxy) is 4. The number of piperidine rings is 1. The van der Waals surface area contributed by atoms with Crippen LogP contribution in [0, 0.1) is 23.7 Å². The average molecular weight is 688 g/mol. The van der Waals surface area contributed by atoms with Crippen LogP contribution in [0.5, 0.6) is 11.5 Å². The lowest BCUT2D eigenvalue weighted by Gasteiger charge is -2.42. The molecule has 3 amide bonds. The summed E-state index contributed by atoms with van der Waals surface area (Å²) < 4.78 is 23.1. The van der Waals surface area contributed by atoms with Crippen LogP contribution in [-0.4, -0.2) is 96.6 Å². The second-order valence-electron chi connectivity index (χ2n) is 16.0. The number of carbonyl (C=O) groups excluding carboxylic acids is 3. The molecule has 1 aliphatic carbocycles. The van der Waals surface area contributed by atoms with E-state index in [2.05, 4.69) is 33.0 Å². The molecule has 0 aromatic heterocycles. The maximum absolute atomic E-state index is 14.5. The Hall–Kier alpha value is -3.05. The largest absolute Gasteiger partial charge is 0.493 e. The van der Waals surface area contributed by atoms with Gasteiger partial charge in [0, 0.05) is 57.4 Å². The monoisotopic (exact) mass is 687 g/mol. The molecule has 2 aliphatic heterocycles. The van der Waals surface area contributed by atoms with Crippen molar-refractivity contribution >= 4 is 17.9 Å². The van der Waals surface area contributed by atoms with E-state index in [1.54, 1.807) is 32.8 Å². The van der Waals surface area contributed by atoms with Crippen LogP contribution in [0.2, 0.25) is 0 Å². The van der Waals surface area contributed by atoms with E-state index in [1.807, 2.05) is 12.1 Å². The summed E-state index contributed by atoms with van der Waals surface area (Å²) in [7, 11) is 1.67. The Morgan fingerprint density at radius 3 is 2.33 bits per heavy atom. The topological polar surface area (TPSA) is 127 Å². The number of amides is 3. The predicted octanol–water partition coefficient (Wildman–Crippen LogP) is 5.34. The molecule has 2 fully saturated rings. The number of fused-ring (bicyclic) bond motifs is 1. The van der Waals surface area contributed by atoms with Gasteiger partial charge in [-0.15, -0.1) is 0 Å². The smallest absolute Gasteiger partial charge is 0.410 e. The molecule has 3 atom stereocenters. The molecule has 11 heteroatoms. The van der Waals surface area contributed by atoms with Crippen molar-refractivity contribution in [2.24, 2.45) is 23.7 Å². The maximum Gasteiger partial charge on any atom is 0.410 e. The number of hydrogen-bond acceptors (Lipinski definition) is 8. The fourth-order valence-corrected chi connectivity index (χ4v) is 6.91. The first-order chi connectivity index (χ1) is 23.2. The minimum Gasteiger partial charge on any atom is -0.493 e. The number of benzene rings is 1. The van der Waals surface area contributed by atoms with Gasteiger partial charge in [0.25, 0.3) is 0 Å². The fourth-order valence-electron chi connectivity index (χ4n) is 6.91. The van der Waals surface area contributed by atoms with Gasteiger partial charge in [0.05, 0.1) is 31.2 Å². The van der Waals surface area contributed by atoms with Gasteiger partial charge in [-0.3, -0.25) is 9.59 Å². The van der Waals surface area contributed by atoms with Gasteiger partial charge >= 0.3 is 6.09 Å². The number of nitrogens with zero attached hydrogens (tertiary/aromatic N) is 2. The summed E-state index contributed by atoms with van der Waals surface area (Å²) in [4.78, 5) is 45.1. The minimum absolute atomic E-state index is 0.00775. The van der Waals surface area contributed by atoms with Gasteiger partial charge in [0.2, 0.25) is 11.8 Å². The first-order valence-electron chi connectivity index (χ1n) is 18.3. The molecule has 276 valence electrons. The molecule has 1 aromatic rings. The van der Waals surface area contributed by atoms with Crippen molar-refractivity contribution in [3.05, 3.63) is 23.3 Å². The van der Waals surface area contributed by atoms with Gasteiger partial charge < -0.3 is 39.2 Å². The molecule has 1 unspecified atom stereocenters. The summed E-state index contributed by atoms with van der Waals surface area (Å²) in [5.41, 5.74) is 1.15. The Labute approximate surface area is 293 Å². The lowest BCUT2D eigenvalue weighted by Crippen LogP contribution is -2.60. The van der Waals surface area contributed by atoms with Gasteiger partial charge in [-0.1, -0.05) is 27.7 Å². The molecule has 11 nitrogen and oxygen atoms in total. The van der Waals surface area contributed by atoms with E-state index in [1.165, 1.54) is 4.90 Å². The lowest BCUT2D eigenvalue weighted by molar-refractivity contribution is -0.150. The SMILES string of the molecule is COCCCOc1cc(CN(C(=O)C2CN(C(=O)OC(C)(C)C)C[C@@H](C(=O)NC(CC(C)C)CC(C)C)[C@H]2O)C2CC2)cc2c1CCCO2. The number of carbonyl (C=O) groups is 3. The third-order valence-corrected chi connectivity index (χ3v) is 9.25. The first kappa shape index (κ1) is 38.7. The molecule has 2 heterocycles. The van der Waals surface area contributed by atoms with Crippen LogP contribution in [0.1, 0.15) is 98.1 Å². The number of aliphatic hydroxyl groups excluding tert-OH is 1. The highest BCUT2D eigenvalue weighted by Crippen LogP contribution is 2.38. The van der Waals surface area contributed by atoms with E-state index < -0.39 is 29.6 Å². The van der Waals surface area contributed by atoms with Gasteiger partial charge in [0.15, 0.2) is 0 Å². The molecule has 3 aliphatic rings. The Morgan fingerprint density at radius 2 is 1.71 bits per heavy atom. The molecular formula is C38H61N3O8. The molecule has 0 bridgehead atoms. The predicted molar refractivity (Wildman–Crippen MR) is 187 cm³/mol. The van der Waals surface area contributed by atoms with Gasteiger partial charge in [0.1, 0.15) is 17.1 Å². The van der Waals surface area contributed by atoms with E-state index in [0.29, 0.717) is 38.2 Å². The van der Waals surface area contributed by atoms with Crippen LogP contribution in [0.3, 0.4) is 0 Å². The zero-order chi connectivity index (χ0) is 35.9. The molecule has 1 saturated carbocycles. The zero-order valence-electron chi connectivity index (χ0n) is 31.1. The molecule has 2 N–H and O–H groups in total. The number of nitrogens with one attached hydrogen (secondary N) is 1. The van der Waals surface area contributed by atoms with Crippen molar-refractivity contribution in [3.63, 3.8) is 0 Å². The van der Waals surface area contributed by atoms with E-state index in [0.717, 1.165) is 67.6 Å². The molecule has 4 rings (SSSR count). The maximum atomic E-state index is 14.5. The molecule has 1 aromatic carbocycles. The van der Waals surface area contributed by atoms with E-state index >= 15 is 0 Å². The van der Waals surface area contributed by atoms with Crippen molar-refractivity contribution in [3.8, 4) is 11.5 Å². The Morgan fingerprint density at radius 1 is 1.04 bits per heavy atom. The summed E-state index contributed by atoms with van der Waals surface area (Å²) >= 11 is 0. The molecule has 1 saturated heterocycles. The molecule has 0 radical (unpaired) electrons. The van der Waals surface area contributed by atoms with Crippen LogP contribution >= 0.6 is 0 Å². The van der Waals surface area contributed by atoms with E-state index in [4.69, 9.17) is 18.9 Å². The van der Waals surface area contributed by atoms with Crippen LogP contribution in [0.4, 0.5) is 4.79 Å². The number of aliphatic hydroxyl groups is 1. The second kappa shape index (κ2) is 17.2. The quantitative estimate of drug-likeness (QED) is 0.237. The summed E-state index contributed by atoms with van der Waals surface area (Å²) in [6, 6.07) is 3.91. The lowest BCUT2D eigenvalue weighted by atomic mass is 9.83. The summed E-state index contributed by atoms with van der Waals surface area (Å²) in [6.45, 7) is 15.8. The molecular weight excluding hydrogens is 626 g/mol. The third-order valence-electron chi connectivity index (χ3n) is 9.25. The average Bonchev–Trinajstić information content (AvgIpc) is 3.85. The van der Waals surface area contributed by atoms with Gasteiger partial charge in [-0.2, -0.15) is 0 Å². The van der Waals surface area contributed by atoms with Crippen molar-refractivity contribution in [1.29, 1.82) is 0 Å². The van der Waals surface area contributed by atoms with E-state index in [-0.39, 0.29) is 37.0 Å². The van der Waals surface area contributed by atoms with Gasteiger partial charge in [-0.05, 0) is 88.8 Å². The van der Waals surface area contributed by atoms with Crippen LogP contribution in [0.15, 0.2) is 12.1 Å². The second-order valence-corrected chi connectivity index (χ2v) is 16.0. The van der Waals surface area contributed by atoms with Gasteiger partial charge in [-0.25, -0.2) is 4.79 Å². The Bertz CT molecular complexity index is 1260. The molecule has 49 heavy (non-hydrogen) atoms. The number of hydrogen-bond donors (Lipinski definition) is 2. The highest BCUT2D eigenvalue weighted by molar-refractivity contribution is 5.86. The highest BCUT2D eigenvalue weighted by atomic mass is 16.6. The zero-order valence-corrected chi connectivity index (χ0v) is 31.1. The minimum atomic E-state index is -1.27. The third kappa shape index (κ3) is 11.2. The standard InChI is InChI=1S/C38H61N3O8/c1-24(2)17-27(18-25(3)4)39-35(43)30-22-40(37(45)49-38(5,6)7)23-31(34(30)42)36(44)41(28-12-13-28)21-26-19-32-29(11-9-15-47-32)33(20-26)48-16-10-14-46-8/h19-20,24-25,27-28,30-31,34,42H,9-18,21-23H2,1-8H3,(H,39,43)/t30-,31?,34-/m1/s1. The Balaban J connectivity index is 1.60. The number of rotatable bonds is 15. The first-order valence-corrected chi connectivity index (χ1v) is 18.3. The van der Waals surface area contributed by atoms with Crippen LogP contribution in [0.25, 0.3) is 0 Å². The summed E-state index contributed by atoms with van der Waals surface area (Å²) in [6.07, 6.45) is 3.94. The van der Waals surface area contributed by atoms with Crippen molar-refractivity contribution in [2.75, 3.05) is 40.0 Å². The van der Waals surface area contributed by atoms with Crippen molar-refractivity contribution in [1.82, 2.24) is 15.1 Å². The fraction of sp³-hybridized carbons (Fsp3) is 0.763.